The smallest absolute Gasteiger partial charge is 0.408 e. The quantitative estimate of drug-likeness (QED) is 0.305. The third-order valence-electron chi connectivity index (χ3n) is 6.16. The average molecular weight is 511 g/mol. The molecule has 2 N–H and O–H groups in total. The van der Waals surface area contributed by atoms with Gasteiger partial charge >= 0.3 is 12.1 Å². The van der Waals surface area contributed by atoms with Crippen molar-refractivity contribution in [2.45, 2.75) is 31.5 Å². The molecular weight excluding hydrogens is 480 g/mol. The summed E-state index contributed by atoms with van der Waals surface area (Å²) in [4.78, 5) is 38.6. The van der Waals surface area contributed by atoms with Crippen molar-refractivity contribution in [2.75, 3.05) is 7.11 Å². The normalized spacial score (nSPS) is 12.2. The van der Waals surface area contributed by atoms with Crippen LogP contribution in [0, 0.1) is 0 Å². The van der Waals surface area contributed by atoms with Crippen LogP contribution in [0.3, 0.4) is 0 Å². The van der Waals surface area contributed by atoms with Crippen LogP contribution in [0.15, 0.2) is 103 Å². The van der Waals surface area contributed by atoms with E-state index in [9.17, 15) is 14.4 Å². The number of alkyl carbamates (subject to hydrolysis) is 1. The highest BCUT2D eigenvalue weighted by Gasteiger charge is 2.28. The molecule has 4 aromatic rings. The van der Waals surface area contributed by atoms with E-state index in [1.165, 1.54) is 7.11 Å². The molecule has 0 aliphatic carbocycles. The van der Waals surface area contributed by atoms with Gasteiger partial charge in [0.05, 0.1) is 7.11 Å². The highest BCUT2D eigenvalue weighted by molar-refractivity contribution is 5.90. The lowest BCUT2D eigenvalue weighted by atomic mass is 10.0. The fourth-order valence-electron chi connectivity index (χ4n) is 4.18. The van der Waals surface area contributed by atoms with Crippen molar-refractivity contribution in [3.8, 4) is 0 Å². The van der Waals surface area contributed by atoms with Gasteiger partial charge < -0.3 is 20.1 Å². The maximum Gasteiger partial charge on any atom is 0.408 e. The molecule has 0 radical (unpaired) electrons. The summed E-state index contributed by atoms with van der Waals surface area (Å²) in [6.45, 7) is 0.0686. The van der Waals surface area contributed by atoms with Gasteiger partial charge in [-0.05, 0) is 27.5 Å². The number of fused-ring (bicyclic) bond motifs is 1. The predicted octanol–water partition coefficient (Wildman–Crippen LogP) is 4.58. The van der Waals surface area contributed by atoms with Crippen LogP contribution < -0.4 is 10.6 Å². The Kier molecular flexibility index (Phi) is 9.07. The summed E-state index contributed by atoms with van der Waals surface area (Å²) in [6.07, 6.45) is -0.273. The molecule has 0 bridgehead atoms. The first-order chi connectivity index (χ1) is 18.5. The van der Waals surface area contributed by atoms with Crippen molar-refractivity contribution in [3.63, 3.8) is 0 Å². The second kappa shape index (κ2) is 13.1. The molecule has 7 nitrogen and oxygen atoms in total. The van der Waals surface area contributed by atoms with Gasteiger partial charge in [0.25, 0.3) is 0 Å². The van der Waals surface area contributed by atoms with E-state index in [0.29, 0.717) is 0 Å². The van der Waals surface area contributed by atoms with Gasteiger partial charge in [0.15, 0.2) is 0 Å². The Bertz CT molecular complexity index is 1370. The number of hydrogen-bond acceptors (Lipinski definition) is 5. The summed E-state index contributed by atoms with van der Waals surface area (Å²) in [5, 5.41) is 7.55. The first-order valence-electron chi connectivity index (χ1n) is 12.4. The zero-order valence-corrected chi connectivity index (χ0v) is 21.1. The molecule has 2 amide bonds. The Morgan fingerprint density at radius 1 is 0.658 bits per heavy atom. The van der Waals surface area contributed by atoms with Crippen molar-refractivity contribution in [3.05, 3.63) is 120 Å². The second-order valence-electron chi connectivity index (χ2n) is 8.92. The molecule has 4 aromatic carbocycles. The number of amides is 2. The van der Waals surface area contributed by atoms with Crippen LogP contribution in [0.2, 0.25) is 0 Å². The van der Waals surface area contributed by atoms with Crippen LogP contribution in [-0.4, -0.2) is 37.2 Å². The molecule has 0 aliphatic heterocycles. The molecule has 2 atom stereocenters. The second-order valence-corrected chi connectivity index (χ2v) is 8.92. The highest BCUT2D eigenvalue weighted by Crippen LogP contribution is 2.17. The van der Waals surface area contributed by atoms with Crippen LogP contribution in [-0.2, 0) is 38.5 Å². The molecule has 0 aliphatic rings. The third-order valence-corrected chi connectivity index (χ3v) is 6.16. The van der Waals surface area contributed by atoms with E-state index in [-0.39, 0.29) is 19.4 Å². The van der Waals surface area contributed by atoms with Gasteiger partial charge in [0.1, 0.15) is 18.7 Å². The summed E-state index contributed by atoms with van der Waals surface area (Å²) in [6, 6.07) is 30.5. The Balaban J connectivity index is 1.48. The van der Waals surface area contributed by atoms with Crippen molar-refractivity contribution < 1.29 is 23.9 Å². The summed E-state index contributed by atoms with van der Waals surface area (Å²) in [5.41, 5.74) is 2.54. The first-order valence-corrected chi connectivity index (χ1v) is 12.4. The maximum absolute atomic E-state index is 13.4. The van der Waals surface area contributed by atoms with Gasteiger partial charge in [-0.2, -0.15) is 0 Å². The number of rotatable bonds is 10. The summed E-state index contributed by atoms with van der Waals surface area (Å²) in [7, 11) is 1.28. The molecule has 7 heteroatoms. The van der Waals surface area contributed by atoms with Crippen LogP contribution in [0.5, 0.6) is 0 Å². The minimum atomic E-state index is -0.968. The molecular formula is C31H30N2O5. The monoisotopic (exact) mass is 510 g/mol. The number of esters is 1. The molecule has 0 saturated carbocycles. The van der Waals surface area contributed by atoms with Gasteiger partial charge in [-0.25, -0.2) is 9.59 Å². The lowest BCUT2D eigenvalue weighted by molar-refractivity contribution is -0.145. The van der Waals surface area contributed by atoms with Gasteiger partial charge in [-0.1, -0.05) is 103 Å². The number of benzene rings is 4. The molecule has 4 rings (SSSR count). The molecule has 38 heavy (non-hydrogen) atoms. The van der Waals surface area contributed by atoms with E-state index in [1.54, 1.807) is 0 Å². The Morgan fingerprint density at radius 2 is 1.26 bits per heavy atom. The topological polar surface area (TPSA) is 93.7 Å². The minimum Gasteiger partial charge on any atom is -0.467 e. The van der Waals surface area contributed by atoms with Gasteiger partial charge in [-0.15, -0.1) is 0 Å². The zero-order chi connectivity index (χ0) is 26.7. The van der Waals surface area contributed by atoms with Gasteiger partial charge in [-0.3, -0.25) is 4.79 Å². The largest absolute Gasteiger partial charge is 0.467 e. The van der Waals surface area contributed by atoms with E-state index < -0.39 is 30.1 Å². The lowest BCUT2D eigenvalue weighted by Crippen LogP contribution is -2.53. The molecule has 0 saturated heterocycles. The van der Waals surface area contributed by atoms with Crippen molar-refractivity contribution in [1.29, 1.82) is 0 Å². The van der Waals surface area contributed by atoms with E-state index in [4.69, 9.17) is 9.47 Å². The number of ether oxygens (including phenoxy) is 2. The van der Waals surface area contributed by atoms with Crippen LogP contribution in [0.1, 0.15) is 16.7 Å². The van der Waals surface area contributed by atoms with Crippen molar-refractivity contribution in [2.24, 2.45) is 0 Å². The van der Waals surface area contributed by atoms with Crippen molar-refractivity contribution >= 4 is 28.7 Å². The molecule has 194 valence electrons. The van der Waals surface area contributed by atoms with Gasteiger partial charge in [0, 0.05) is 12.8 Å². The molecule has 0 heterocycles. The Labute approximate surface area is 221 Å². The Morgan fingerprint density at radius 3 is 1.95 bits per heavy atom. The summed E-state index contributed by atoms with van der Waals surface area (Å²) in [5.74, 6) is -1.08. The number of carbonyl (C=O) groups is 3. The maximum atomic E-state index is 13.4. The highest BCUT2D eigenvalue weighted by atomic mass is 16.5. The lowest BCUT2D eigenvalue weighted by Gasteiger charge is -2.22. The molecule has 0 aromatic heterocycles. The summed E-state index contributed by atoms with van der Waals surface area (Å²) >= 11 is 0. The number of methoxy groups -OCH3 is 1. The fraction of sp³-hybridized carbons (Fsp3) is 0.194. The van der Waals surface area contributed by atoms with E-state index in [1.807, 2.05) is 103 Å². The SMILES string of the molecule is COC(=O)[C@@H](Cc1ccc2ccccc2c1)NC(=O)[C@@H](Cc1ccccc1)NC(=O)OCc1ccccc1. The standard InChI is InChI=1S/C31H30N2O5/c1-37-30(35)28(20-24-16-17-25-14-8-9-15-26(25)18-24)32-29(34)27(19-22-10-4-2-5-11-22)33-31(36)38-21-23-12-6-3-7-13-23/h2-18,27-28H,19-21H2,1H3,(H,32,34)(H,33,36)/t27-,28-/m1/s1. The average Bonchev–Trinajstić information content (AvgIpc) is 2.96. The van der Waals surface area contributed by atoms with Crippen LogP contribution in [0.25, 0.3) is 10.8 Å². The van der Waals surface area contributed by atoms with Gasteiger partial charge in [0.2, 0.25) is 5.91 Å². The third kappa shape index (κ3) is 7.43. The fourth-order valence-corrected chi connectivity index (χ4v) is 4.18. The van der Waals surface area contributed by atoms with Crippen LogP contribution in [0.4, 0.5) is 4.79 Å². The van der Waals surface area contributed by atoms with Crippen LogP contribution >= 0.6 is 0 Å². The number of hydrogen-bond donors (Lipinski definition) is 2. The summed E-state index contributed by atoms with van der Waals surface area (Å²) < 4.78 is 10.3. The first kappa shape index (κ1) is 26.4. The molecule has 0 unspecified atom stereocenters. The molecule has 0 spiro atoms. The van der Waals surface area contributed by atoms with Crippen molar-refractivity contribution in [1.82, 2.24) is 10.6 Å². The Hall–Kier alpha value is -4.65. The predicted molar refractivity (Wildman–Crippen MR) is 145 cm³/mol. The van der Waals surface area contributed by atoms with E-state index in [2.05, 4.69) is 10.6 Å². The zero-order valence-electron chi connectivity index (χ0n) is 21.1. The minimum absolute atomic E-state index is 0.0686. The van der Waals surface area contributed by atoms with E-state index >= 15 is 0 Å². The number of nitrogens with one attached hydrogen (secondary N) is 2. The molecule has 0 fully saturated rings. The number of carbonyl (C=O) groups excluding carboxylic acids is 3. The van der Waals surface area contributed by atoms with E-state index in [0.717, 1.165) is 27.5 Å².